The maximum Gasteiger partial charge on any atom is 0.335 e. The Kier molecular flexibility index (Phi) is 8.73. The van der Waals surface area contributed by atoms with E-state index >= 15 is 0 Å². The Bertz CT molecular complexity index is 1640. The molecule has 1 aliphatic rings. The highest BCUT2D eigenvalue weighted by atomic mass is 79.9. The van der Waals surface area contributed by atoms with Crippen LogP contribution in [0.3, 0.4) is 0 Å². The summed E-state index contributed by atoms with van der Waals surface area (Å²) in [6.45, 7) is 0.535. The van der Waals surface area contributed by atoms with E-state index in [2.05, 4.69) is 21.2 Å². The van der Waals surface area contributed by atoms with E-state index in [-0.39, 0.29) is 33.7 Å². The highest BCUT2D eigenvalue weighted by molar-refractivity contribution is 9.10. The number of carbonyl (C=O) groups excluding carboxylic acids is 3. The minimum Gasteiger partial charge on any atom is -0.489 e. The minimum absolute atomic E-state index is 0.175. The molecule has 0 atom stereocenters. The molecule has 1 N–H and O–H groups in total. The number of nitrogens with one attached hydrogen (secondary N) is 1. The number of amides is 4. The quantitative estimate of drug-likeness (QED) is 0.157. The highest BCUT2D eigenvalue weighted by Crippen LogP contribution is 2.35. The lowest BCUT2D eigenvalue weighted by atomic mass is 10.1. The molecule has 4 amide bonds. The second-order valence-corrected chi connectivity index (χ2v) is 10.7. The van der Waals surface area contributed by atoms with Gasteiger partial charge in [-0.05, 0) is 65.7 Å². The fourth-order valence-corrected chi connectivity index (χ4v) is 4.88. The van der Waals surface area contributed by atoms with Gasteiger partial charge in [-0.25, -0.2) is 9.69 Å². The number of hydrogen-bond acceptors (Lipinski definition) is 5. The van der Waals surface area contributed by atoms with Crippen LogP contribution in [0.15, 0.2) is 101 Å². The van der Waals surface area contributed by atoms with E-state index in [1.54, 1.807) is 24.3 Å². The van der Waals surface area contributed by atoms with Crippen molar-refractivity contribution in [2.45, 2.75) is 13.2 Å². The summed E-state index contributed by atoms with van der Waals surface area (Å²) < 4.78 is 12.7. The molecule has 7 nitrogen and oxygen atoms in total. The molecule has 0 aliphatic carbocycles. The number of hydrogen-bond donors (Lipinski definition) is 1. The molecule has 0 aromatic heterocycles. The van der Waals surface area contributed by atoms with Crippen LogP contribution in [0.4, 0.5) is 10.5 Å². The summed E-state index contributed by atoms with van der Waals surface area (Å²) in [6, 6.07) is 25.7. The summed E-state index contributed by atoms with van der Waals surface area (Å²) in [5.41, 5.74) is 2.14. The van der Waals surface area contributed by atoms with Crippen molar-refractivity contribution in [2.75, 3.05) is 4.90 Å². The maximum absolute atomic E-state index is 13.5. The molecule has 4 aromatic rings. The average Bonchev–Trinajstić information content (AvgIpc) is 2.95. The van der Waals surface area contributed by atoms with Gasteiger partial charge >= 0.3 is 6.03 Å². The SMILES string of the molecule is O=C1NC(=O)N(c2ccc(OCc3ccccc3)cc2)C(=O)/C1=C/c1cc(Cl)cc(Cl)c1OCc1ccc(Br)cc1. The molecule has 0 radical (unpaired) electrons. The lowest BCUT2D eigenvalue weighted by Gasteiger charge is -2.26. The number of halogens is 3. The van der Waals surface area contributed by atoms with Gasteiger partial charge in [0.1, 0.15) is 30.3 Å². The number of rotatable bonds is 8. The summed E-state index contributed by atoms with van der Waals surface area (Å²) in [7, 11) is 0. The molecular formula is C31H21BrCl2N2O5. The normalized spacial score (nSPS) is 14.3. The number of barbiturate groups is 1. The number of urea groups is 1. The minimum atomic E-state index is -0.869. The van der Waals surface area contributed by atoms with E-state index in [0.717, 1.165) is 20.5 Å². The van der Waals surface area contributed by atoms with Crippen LogP contribution in [0.1, 0.15) is 16.7 Å². The molecule has 1 aliphatic heterocycles. The van der Waals surface area contributed by atoms with Gasteiger partial charge in [0.15, 0.2) is 0 Å². The van der Waals surface area contributed by atoms with Gasteiger partial charge in [0.25, 0.3) is 11.8 Å². The van der Waals surface area contributed by atoms with Crippen molar-refractivity contribution >= 4 is 68.7 Å². The maximum atomic E-state index is 13.5. The predicted molar refractivity (Wildman–Crippen MR) is 161 cm³/mol. The van der Waals surface area contributed by atoms with Gasteiger partial charge < -0.3 is 9.47 Å². The van der Waals surface area contributed by atoms with Crippen LogP contribution in [0, 0.1) is 0 Å². The van der Waals surface area contributed by atoms with Crippen molar-refractivity contribution in [2.24, 2.45) is 0 Å². The van der Waals surface area contributed by atoms with Gasteiger partial charge in [-0.2, -0.15) is 0 Å². The Morgan fingerprint density at radius 1 is 0.805 bits per heavy atom. The van der Waals surface area contributed by atoms with E-state index in [9.17, 15) is 14.4 Å². The molecule has 0 spiro atoms. The largest absolute Gasteiger partial charge is 0.489 e. The predicted octanol–water partition coefficient (Wildman–Crippen LogP) is 7.58. The van der Waals surface area contributed by atoms with Crippen molar-refractivity contribution in [1.82, 2.24) is 5.32 Å². The number of benzene rings is 4. The Balaban J connectivity index is 1.39. The molecule has 1 heterocycles. The molecule has 1 saturated heterocycles. The van der Waals surface area contributed by atoms with E-state index in [1.807, 2.05) is 54.6 Å². The zero-order valence-electron chi connectivity index (χ0n) is 21.3. The third-order valence-electron chi connectivity index (χ3n) is 6.08. The van der Waals surface area contributed by atoms with Crippen LogP contribution in [0.2, 0.25) is 10.0 Å². The zero-order chi connectivity index (χ0) is 28.9. The highest BCUT2D eigenvalue weighted by Gasteiger charge is 2.37. The van der Waals surface area contributed by atoms with Crippen LogP contribution in [0.5, 0.6) is 11.5 Å². The van der Waals surface area contributed by atoms with Crippen LogP contribution in [-0.4, -0.2) is 17.8 Å². The number of nitrogens with zero attached hydrogens (tertiary/aromatic N) is 1. The molecule has 0 saturated carbocycles. The lowest BCUT2D eigenvalue weighted by molar-refractivity contribution is -0.122. The molecular weight excluding hydrogens is 631 g/mol. The van der Waals surface area contributed by atoms with Gasteiger partial charge in [0, 0.05) is 15.1 Å². The van der Waals surface area contributed by atoms with E-state index in [0.29, 0.717) is 17.9 Å². The van der Waals surface area contributed by atoms with Crippen molar-refractivity contribution in [1.29, 1.82) is 0 Å². The Labute approximate surface area is 254 Å². The van der Waals surface area contributed by atoms with Crippen LogP contribution < -0.4 is 19.7 Å². The molecule has 10 heteroatoms. The van der Waals surface area contributed by atoms with Gasteiger partial charge in [0.05, 0.1) is 10.7 Å². The monoisotopic (exact) mass is 650 g/mol. The van der Waals surface area contributed by atoms with E-state index in [1.165, 1.54) is 18.2 Å². The third-order valence-corrected chi connectivity index (χ3v) is 7.11. The number of ether oxygens (including phenoxy) is 2. The van der Waals surface area contributed by atoms with Crippen molar-refractivity contribution in [3.8, 4) is 11.5 Å². The summed E-state index contributed by atoms with van der Waals surface area (Å²) in [5.74, 6) is -0.883. The first-order chi connectivity index (χ1) is 19.8. The molecule has 0 unspecified atom stereocenters. The van der Waals surface area contributed by atoms with Gasteiger partial charge in [-0.1, -0.05) is 81.6 Å². The number of carbonyl (C=O) groups is 3. The summed E-state index contributed by atoms with van der Waals surface area (Å²) in [5, 5.41) is 2.69. The zero-order valence-corrected chi connectivity index (χ0v) is 24.4. The van der Waals surface area contributed by atoms with Gasteiger partial charge in [0.2, 0.25) is 0 Å². The molecule has 5 rings (SSSR count). The summed E-state index contributed by atoms with van der Waals surface area (Å²) in [6.07, 6.45) is 1.31. The van der Waals surface area contributed by atoms with E-state index in [4.69, 9.17) is 32.7 Å². The van der Waals surface area contributed by atoms with Crippen LogP contribution in [0.25, 0.3) is 6.08 Å². The topological polar surface area (TPSA) is 84.9 Å². The van der Waals surface area contributed by atoms with Crippen LogP contribution >= 0.6 is 39.1 Å². The molecule has 1 fully saturated rings. The second-order valence-electron chi connectivity index (χ2n) is 8.95. The van der Waals surface area contributed by atoms with E-state index < -0.39 is 17.8 Å². The Morgan fingerprint density at radius 3 is 2.17 bits per heavy atom. The molecule has 0 bridgehead atoms. The fraction of sp³-hybridized carbons (Fsp3) is 0.0645. The summed E-state index contributed by atoms with van der Waals surface area (Å²) >= 11 is 16.1. The average molecular weight is 652 g/mol. The second kappa shape index (κ2) is 12.6. The first-order valence-corrected chi connectivity index (χ1v) is 13.9. The summed E-state index contributed by atoms with van der Waals surface area (Å²) in [4.78, 5) is 39.8. The first kappa shape index (κ1) is 28.4. The molecule has 206 valence electrons. The van der Waals surface area contributed by atoms with Crippen molar-refractivity contribution < 1.29 is 23.9 Å². The van der Waals surface area contributed by atoms with Crippen molar-refractivity contribution in [3.05, 3.63) is 128 Å². The Morgan fingerprint density at radius 2 is 1.46 bits per heavy atom. The van der Waals surface area contributed by atoms with Crippen LogP contribution in [-0.2, 0) is 22.8 Å². The van der Waals surface area contributed by atoms with Gasteiger partial charge in [-0.15, -0.1) is 0 Å². The lowest BCUT2D eigenvalue weighted by Crippen LogP contribution is -2.54. The van der Waals surface area contributed by atoms with Gasteiger partial charge in [-0.3, -0.25) is 14.9 Å². The number of anilines is 1. The molecule has 41 heavy (non-hydrogen) atoms. The van der Waals surface area contributed by atoms with Crippen molar-refractivity contribution in [3.63, 3.8) is 0 Å². The smallest absolute Gasteiger partial charge is 0.335 e. The third kappa shape index (κ3) is 6.79. The Hall–Kier alpha value is -4.11. The standard InChI is InChI=1S/C31H21BrCl2N2O5/c32-22-8-6-20(7-9-22)18-41-28-21(14-23(33)16-27(28)34)15-26-29(37)35-31(39)36(30(26)38)24-10-12-25(13-11-24)40-17-19-4-2-1-3-5-19/h1-16H,17-18H2,(H,35,37,39)/b26-15+. The fourth-order valence-electron chi connectivity index (χ4n) is 4.06. The number of imide groups is 2. The first-order valence-electron chi connectivity index (χ1n) is 12.3. The molecule has 4 aromatic carbocycles.